The number of ether oxygens (including phenoxy) is 3. The minimum atomic E-state index is -0.974. The van der Waals surface area contributed by atoms with Gasteiger partial charge in [0.1, 0.15) is 6.04 Å². The van der Waals surface area contributed by atoms with Crippen LogP contribution in [0.15, 0.2) is 0 Å². The Morgan fingerprint density at radius 2 is 1.48 bits per heavy atom. The number of nitrogens with one attached hydrogen (secondary N) is 1. The summed E-state index contributed by atoms with van der Waals surface area (Å²) in [5.74, 6) is -1.76. The van der Waals surface area contributed by atoms with Gasteiger partial charge in [-0.3, -0.25) is 19.7 Å². The van der Waals surface area contributed by atoms with E-state index in [0.29, 0.717) is 0 Å². The van der Waals surface area contributed by atoms with Gasteiger partial charge >= 0.3 is 17.9 Å². The van der Waals surface area contributed by atoms with Crippen LogP contribution < -0.4 is 5.32 Å². The molecule has 0 aromatic heterocycles. The highest BCUT2D eigenvalue weighted by Crippen LogP contribution is 2.04. The molecule has 0 bridgehead atoms. The fourth-order valence-corrected chi connectivity index (χ4v) is 1.49. The first-order valence-electron chi connectivity index (χ1n) is 6.11. The molecule has 0 saturated heterocycles. The zero-order valence-corrected chi connectivity index (χ0v) is 12.5. The Kier molecular flexibility index (Phi) is 10.1. The van der Waals surface area contributed by atoms with E-state index < -0.39 is 30.0 Å². The van der Waals surface area contributed by atoms with Crippen molar-refractivity contribution in [3.05, 3.63) is 0 Å². The quantitative estimate of drug-likeness (QED) is 0.240. The smallest absolute Gasteiger partial charge is 0.323 e. The molecule has 0 heterocycles. The lowest BCUT2D eigenvalue weighted by Gasteiger charge is -2.22. The van der Waals surface area contributed by atoms with Gasteiger partial charge in [-0.25, -0.2) is 9.78 Å². The van der Waals surface area contributed by atoms with Crippen molar-refractivity contribution in [1.29, 1.82) is 0 Å². The van der Waals surface area contributed by atoms with Crippen molar-refractivity contribution in [2.24, 2.45) is 0 Å². The van der Waals surface area contributed by atoms with Gasteiger partial charge < -0.3 is 14.2 Å². The third-order valence-corrected chi connectivity index (χ3v) is 2.55. The maximum Gasteiger partial charge on any atom is 0.323 e. The molecule has 21 heavy (non-hydrogen) atoms. The van der Waals surface area contributed by atoms with Crippen LogP contribution in [0.4, 0.5) is 0 Å². The summed E-state index contributed by atoms with van der Waals surface area (Å²) in [5.41, 5.74) is 0. The molecular weight excluding hydrogens is 286 g/mol. The summed E-state index contributed by atoms with van der Waals surface area (Å²) in [6.45, 7) is -0.0275. The first-order chi connectivity index (χ1) is 9.98. The topological polar surface area (TPSA) is 109 Å². The van der Waals surface area contributed by atoms with E-state index in [1.54, 1.807) is 0 Å². The van der Waals surface area contributed by atoms with Gasteiger partial charge in [0.25, 0.3) is 0 Å². The Morgan fingerprint density at radius 1 is 0.905 bits per heavy atom. The molecule has 0 aromatic rings. The highest BCUT2D eigenvalue weighted by Gasteiger charge is 2.27. The minimum absolute atomic E-state index is 0.0275. The van der Waals surface area contributed by atoms with E-state index in [4.69, 9.17) is 4.89 Å². The SMILES string of the molecule is COOC[C@@H](CC(=O)OC)NC(CC(=O)OC)C(=O)OC. The Labute approximate surface area is 122 Å². The number of rotatable bonds is 10. The Morgan fingerprint density at radius 3 is 1.95 bits per heavy atom. The van der Waals surface area contributed by atoms with Gasteiger partial charge in [0, 0.05) is 6.04 Å². The van der Waals surface area contributed by atoms with Crippen molar-refractivity contribution in [2.45, 2.75) is 24.9 Å². The predicted molar refractivity (Wildman–Crippen MR) is 69.0 cm³/mol. The maximum absolute atomic E-state index is 11.6. The van der Waals surface area contributed by atoms with Crippen LogP contribution in [-0.4, -0.2) is 65.0 Å². The summed E-state index contributed by atoms with van der Waals surface area (Å²) in [7, 11) is 4.94. The van der Waals surface area contributed by atoms with Crippen LogP contribution in [0, 0.1) is 0 Å². The summed E-state index contributed by atoms with van der Waals surface area (Å²) in [6.07, 6.45) is -0.317. The first kappa shape index (κ1) is 19.3. The second kappa shape index (κ2) is 11.0. The fraction of sp³-hybridized carbons (Fsp3) is 0.750. The van der Waals surface area contributed by atoms with Crippen LogP contribution >= 0.6 is 0 Å². The Bertz CT molecular complexity index is 346. The molecule has 0 aliphatic heterocycles. The van der Waals surface area contributed by atoms with Crippen LogP contribution in [0.2, 0.25) is 0 Å². The van der Waals surface area contributed by atoms with Crippen molar-refractivity contribution in [3.8, 4) is 0 Å². The largest absolute Gasteiger partial charge is 0.469 e. The molecule has 2 atom stereocenters. The molecule has 0 rings (SSSR count). The second-order valence-electron chi connectivity index (χ2n) is 3.95. The second-order valence-corrected chi connectivity index (χ2v) is 3.95. The standard InChI is InChI=1S/C12H21NO8/c1-17-10(14)5-8(7-21-20-4)13-9(12(16)19-3)6-11(15)18-2/h8-9,13H,5-7H2,1-4H3/t8-,9?/m1/s1. The lowest BCUT2D eigenvalue weighted by atomic mass is 10.1. The fourth-order valence-electron chi connectivity index (χ4n) is 1.49. The van der Waals surface area contributed by atoms with Crippen molar-refractivity contribution < 1.29 is 38.4 Å². The van der Waals surface area contributed by atoms with Gasteiger partial charge in [0.2, 0.25) is 0 Å². The van der Waals surface area contributed by atoms with E-state index in [-0.39, 0.29) is 19.4 Å². The Hall–Kier alpha value is -1.71. The molecule has 1 N–H and O–H groups in total. The van der Waals surface area contributed by atoms with Crippen LogP contribution in [0.5, 0.6) is 0 Å². The van der Waals surface area contributed by atoms with Crippen LogP contribution in [0.3, 0.4) is 0 Å². The zero-order chi connectivity index (χ0) is 16.3. The average molecular weight is 307 g/mol. The number of esters is 3. The molecule has 0 radical (unpaired) electrons. The molecule has 0 amide bonds. The number of carbonyl (C=O) groups excluding carboxylic acids is 3. The van der Waals surface area contributed by atoms with Crippen molar-refractivity contribution in [1.82, 2.24) is 5.32 Å². The monoisotopic (exact) mass is 307 g/mol. The minimum Gasteiger partial charge on any atom is -0.469 e. The van der Waals surface area contributed by atoms with E-state index in [0.717, 1.165) is 0 Å². The summed E-state index contributed by atoms with van der Waals surface area (Å²) < 4.78 is 13.7. The molecule has 9 nitrogen and oxygen atoms in total. The number of carbonyl (C=O) groups is 3. The lowest BCUT2D eigenvalue weighted by molar-refractivity contribution is -0.276. The van der Waals surface area contributed by atoms with E-state index in [9.17, 15) is 14.4 Å². The van der Waals surface area contributed by atoms with Gasteiger partial charge in [-0.2, -0.15) is 0 Å². The molecule has 0 spiro atoms. The van der Waals surface area contributed by atoms with Gasteiger partial charge in [-0.05, 0) is 0 Å². The van der Waals surface area contributed by atoms with E-state index in [1.165, 1.54) is 28.4 Å². The third kappa shape index (κ3) is 8.23. The van der Waals surface area contributed by atoms with Crippen LogP contribution in [0.1, 0.15) is 12.8 Å². The van der Waals surface area contributed by atoms with Crippen molar-refractivity contribution in [3.63, 3.8) is 0 Å². The normalized spacial score (nSPS) is 13.1. The summed E-state index contributed by atoms with van der Waals surface area (Å²) >= 11 is 0. The summed E-state index contributed by atoms with van der Waals surface area (Å²) in [5, 5.41) is 2.79. The molecule has 0 aliphatic rings. The first-order valence-corrected chi connectivity index (χ1v) is 6.11. The number of methoxy groups -OCH3 is 3. The highest BCUT2D eigenvalue weighted by atomic mass is 17.2. The molecular formula is C12H21NO8. The van der Waals surface area contributed by atoms with Crippen LogP contribution in [-0.2, 0) is 38.4 Å². The number of hydrogen-bond acceptors (Lipinski definition) is 9. The maximum atomic E-state index is 11.6. The number of hydrogen-bond donors (Lipinski definition) is 1. The van der Waals surface area contributed by atoms with E-state index in [1.807, 2.05) is 0 Å². The van der Waals surface area contributed by atoms with E-state index >= 15 is 0 Å². The predicted octanol–water partition coefficient (Wildman–Crippen LogP) is -0.810. The lowest BCUT2D eigenvalue weighted by Crippen LogP contribution is -2.48. The molecule has 0 fully saturated rings. The molecule has 122 valence electrons. The van der Waals surface area contributed by atoms with E-state index in [2.05, 4.69) is 24.4 Å². The van der Waals surface area contributed by atoms with Crippen LogP contribution in [0.25, 0.3) is 0 Å². The average Bonchev–Trinajstić information content (AvgIpc) is 2.50. The summed E-state index contributed by atoms with van der Waals surface area (Å²) in [6, 6.07) is -1.58. The molecule has 9 heteroatoms. The summed E-state index contributed by atoms with van der Waals surface area (Å²) in [4.78, 5) is 43.5. The zero-order valence-electron chi connectivity index (χ0n) is 12.5. The highest BCUT2D eigenvalue weighted by molar-refractivity contribution is 5.82. The van der Waals surface area contributed by atoms with Crippen molar-refractivity contribution >= 4 is 17.9 Å². The Balaban J connectivity index is 4.78. The van der Waals surface area contributed by atoms with Gasteiger partial charge in [-0.1, -0.05) is 0 Å². The molecule has 1 unspecified atom stereocenters. The molecule has 0 aromatic carbocycles. The van der Waals surface area contributed by atoms with Crippen molar-refractivity contribution in [2.75, 3.05) is 35.0 Å². The third-order valence-electron chi connectivity index (χ3n) is 2.55. The van der Waals surface area contributed by atoms with Gasteiger partial charge in [-0.15, -0.1) is 0 Å². The molecule has 0 aliphatic carbocycles. The molecule has 0 saturated carbocycles. The van der Waals surface area contributed by atoms with Gasteiger partial charge in [0.15, 0.2) is 0 Å². The van der Waals surface area contributed by atoms with Gasteiger partial charge in [0.05, 0.1) is 47.9 Å².